The number of Topliss-reactive ketones (excluding diaryl/α,β-unsaturated/α-hetero) is 1. The van der Waals surface area contributed by atoms with E-state index in [0.717, 1.165) is 10.1 Å². The summed E-state index contributed by atoms with van der Waals surface area (Å²) in [7, 11) is 2.85. The predicted molar refractivity (Wildman–Crippen MR) is 79.0 cm³/mol. The second kappa shape index (κ2) is 6.24. The Labute approximate surface area is 125 Å². The first-order chi connectivity index (χ1) is 9.55. The molecule has 0 atom stereocenters. The van der Waals surface area contributed by atoms with E-state index in [2.05, 4.69) is 4.74 Å². The molecule has 4 nitrogen and oxygen atoms in total. The van der Waals surface area contributed by atoms with Gasteiger partial charge in [0.2, 0.25) is 0 Å². The number of halogens is 1. The highest BCUT2D eigenvalue weighted by Crippen LogP contribution is 2.35. The average molecular weight is 313 g/mol. The highest BCUT2D eigenvalue weighted by molar-refractivity contribution is 7.20. The van der Waals surface area contributed by atoms with Crippen LogP contribution in [-0.2, 0) is 9.53 Å². The summed E-state index contributed by atoms with van der Waals surface area (Å²) < 4.78 is 10.6. The first kappa shape index (κ1) is 14.8. The Kier molecular flexibility index (Phi) is 4.62. The lowest BCUT2D eigenvalue weighted by Crippen LogP contribution is -2.04. The highest BCUT2D eigenvalue weighted by Gasteiger charge is 2.14. The molecule has 0 aliphatic rings. The van der Waals surface area contributed by atoms with Gasteiger partial charge in [0.1, 0.15) is 5.75 Å². The summed E-state index contributed by atoms with van der Waals surface area (Å²) in [5, 5.41) is 1.40. The van der Waals surface area contributed by atoms with Crippen LogP contribution in [0.15, 0.2) is 18.2 Å². The van der Waals surface area contributed by atoms with Crippen molar-refractivity contribution in [2.24, 2.45) is 0 Å². The van der Waals surface area contributed by atoms with E-state index in [1.54, 1.807) is 25.3 Å². The Morgan fingerprint density at radius 2 is 1.95 bits per heavy atom. The summed E-state index contributed by atoms with van der Waals surface area (Å²) in [6.45, 7) is 0. The van der Waals surface area contributed by atoms with Crippen LogP contribution >= 0.6 is 22.9 Å². The molecule has 0 aliphatic heterocycles. The van der Waals surface area contributed by atoms with Crippen molar-refractivity contribution < 1.29 is 19.1 Å². The minimum Gasteiger partial charge on any atom is -0.495 e. The number of hydrogen-bond donors (Lipinski definition) is 0. The van der Waals surface area contributed by atoms with Gasteiger partial charge < -0.3 is 9.47 Å². The number of hydrogen-bond acceptors (Lipinski definition) is 5. The third-order valence-electron chi connectivity index (χ3n) is 2.85. The molecule has 0 amide bonds. The molecular weight excluding hydrogens is 300 g/mol. The largest absolute Gasteiger partial charge is 0.495 e. The van der Waals surface area contributed by atoms with Gasteiger partial charge in [0.05, 0.1) is 30.5 Å². The van der Waals surface area contributed by atoms with Crippen molar-refractivity contribution in [2.75, 3.05) is 14.2 Å². The van der Waals surface area contributed by atoms with Crippen LogP contribution in [0.4, 0.5) is 0 Å². The number of rotatable bonds is 5. The van der Waals surface area contributed by atoms with Crippen LogP contribution in [0.25, 0.3) is 10.1 Å². The molecule has 0 aliphatic carbocycles. The van der Waals surface area contributed by atoms with Crippen LogP contribution in [0, 0.1) is 0 Å². The summed E-state index contributed by atoms with van der Waals surface area (Å²) in [6.07, 6.45) is 0.234. The van der Waals surface area contributed by atoms with Crippen LogP contribution in [0.1, 0.15) is 22.5 Å². The maximum Gasteiger partial charge on any atom is 0.305 e. The van der Waals surface area contributed by atoms with E-state index in [9.17, 15) is 9.59 Å². The van der Waals surface area contributed by atoms with E-state index < -0.39 is 0 Å². The summed E-state index contributed by atoms with van der Waals surface area (Å²) >= 11 is 7.41. The number of methoxy groups -OCH3 is 2. The maximum absolute atomic E-state index is 12.0. The van der Waals surface area contributed by atoms with Crippen molar-refractivity contribution >= 4 is 44.8 Å². The Morgan fingerprint density at radius 3 is 2.60 bits per heavy atom. The average Bonchev–Trinajstić information content (AvgIpc) is 2.85. The number of carbonyl (C=O) groups excluding carboxylic acids is 2. The molecule has 1 heterocycles. The first-order valence-electron chi connectivity index (χ1n) is 5.92. The molecule has 0 saturated carbocycles. The monoisotopic (exact) mass is 312 g/mol. The second-order valence-corrected chi connectivity index (χ2v) is 5.63. The standard InChI is InChI=1S/C14H13ClO4S/c1-18-11-7-12-8(5-9(11)15)6-13(20-12)10(16)3-4-14(17)19-2/h5-7H,3-4H2,1-2H3. The molecule has 2 aromatic rings. The van der Waals surface area contributed by atoms with Gasteiger partial charge >= 0.3 is 5.97 Å². The van der Waals surface area contributed by atoms with Crippen molar-refractivity contribution in [3.63, 3.8) is 0 Å². The lowest BCUT2D eigenvalue weighted by atomic mass is 10.1. The van der Waals surface area contributed by atoms with E-state index in [1.807, 2.05) is 0 Å². The Morgan fingerprint density at radius 1 is 1.20 bits per heavy atom. The lowest BCUT2D eigenvalue weighted by Gasteiger charge is -2.01. The molecule has 0 fully saturated rings. The van der Waals surface area contributed by atoms with E-state index in [1.165, 1.54) is 18.4 Å². The minimum absolute atomic E-state index is 0.0771. The SMILES string of the molecule is COC(=O)CCC(=O)c1cc2cc(Cl)c(OC)cc2s1. The van der Waals surface area contributed by atoms with Crippen LogP contribution in [0.2, 0.25) is 5.02 Å². The van der Waals surface area contributed by atoms with Gasteiger partial charge in [0.15, 0.2) is 5.78 Å². The van der Waals surface area contributed by atoms with Crippen molar-refractivity contribution in [3.05, 3.63) is 28.1 Å². The maximum atomic E-state index is 12.0. The van der Waals surface area contributed by atoms with E-state index in [4.69, 9.17) is 16.3 Å². The smallest absolute Gasteiger partial charge is 0.305 e. The fourth-order valence-electron chi connectivity index (χ4n) is 1.78. The van der Waals surface area contributed by atoms with Crippen LogP contribution < -0.4 is 4.74 Å². The zero-order valence-corrected chi connectivity index (χ0v) is 12.6. The number of carbonyl (C=O) groups is 2. The van der Waals surface area contributed by atoms with Crippen molar-refractivity contribution in [1.29, 1.82) is 0 Å². The Bertz CT molecular complexity index is 662. The molecular formula is C14H13ClO4S. The fraction of sp³-hybridized carbons (Fsp3) is 0.286. The van der Waals surface area contributed by atoms with Gasteiger partial charge in [0, 0.05) is 11.1 Å². The van der Waals surface area contributed by atoms with Gasteiger partial charge in [-0.2, -0.15) is 0 Å². The number of thiophene rings is 1. The summed E-state index contributed by atoms with van der Waals surface area (Å²) in [4.78, 5) is 23.7. The van der Waals surface area contributed by atoms with Gasteiger partial charge in [-0.15, -0.1) is 11.3 Å². The topological polar surface area (TPSA) is 52.6 Å². The van der Waals surface area contributed by atoms with Crippen molar-refractivity contribution in [1.82, 2.24) is 0 Å². The molecule has 2 rings (SSSR count). The van der Waals surface area contributed by atoms with Crippen LogP contribution in [0.5, 0.6) is 5.75 Å². The molecule has 20 heavy (non-hydrogen) atoms. The number of esters is 1. The number of benzene rings is 1. The zero-order chi connectivity index (χ0) is 14.7. The molecule has 1 aromatic heterocycles. The second-order valence-electron chi connectivity index (χ2n) is 4.13. The molecule has 0 radical (unpaired) electrons. The van der Waals surface area contributed by atoms with E-state index in [0.29, 0.717) is 15.6 Å². The molecule has 0 bridgehead atoms. The van der Waals surface area contributed by atoms with Gasteiger partial charge in [0.25, 0.3) is 0 Å². The summed E-state index contributed by atoms with van der Waals surface area (Å²) in [5.41, 5.74) is 0. The van der Waals surface area contributed by atoms with Crippen molar-refractivity contribution in [3.8, 4) is 5.75 Å². The number of ketones is 1. The minimum atomic E-state index is -0.385. The Hall–Kier alpha value is -1.59. The van der Waals surface area contributed by atoms with Gasteiger partial charge in [-0.25, -0.2) is 0 Å². The molecule has 6 heteroatoms. The third-order valence-corrected chi connectivity index (χ3v) is 4.28. The fourth-order valence-corrected chi connectivity index (χ4v) is 3.06. The van der Waals surface area contributed by atoms with E-state index >= 15 is 0 Å². The zero-order valence-electron chi connectivity index (χ0n) is 11.1. The normalized spacial score (nSPS) is 10.6. The van der Waals surface area contributed by atoms with Gasteiger partial charge in [-0.3, -0.25) is 9.59 Å². The molecule has 1 aromatic carbocycles. The van der Waals surface area contributed by atoms with Crippen molar-refractivity contribution in [2.45, 2.75) is 12.8 Å². The molecule has 0 N–H and O–H groups in total. The molecule has 106 valence electrons. The summed E-state index contributed by atoms with van der Waals surface area (Å²) in [5.74, 6) is 0.116. The Balaban J connectivity index is 2.23. The summed E-state index contributed by atoms with van der Waals surface area (Å²) in [6, 6.07) is 5.35. The van der Waals surface area contributed by atoms with E-state index in [-0.39, 0.29) is 24.6 Å². The lowest BCUT2D eigenvalue weighted by molar-refractivity contribution is -0.140. The van der Waals surface area contributed by atoms with Gasteiger partial charge in [-0.05, 0) is 23.6 Å². The predicted octanol–water partition coefficient (Wildman–Crippen LogP) is 3.70. The first-order valence-corrected chi connectivity index (χ1v) is 7.11. The third kappa shape index (κ3) is 3.11. The number of fused-ring (bicyclic) bond motifs is 1. The number of ether oxygens (including phenoxy) is 2. The molecule has 0 saturated heterocycles. The molecule has 0 spiro atoms. The van der Waals surface area contributed by atoms with Crippen LogP contribution in [-0.4, -0.2) is 26.0 Å². The highest BCUT2D eigenvalue weighted by atomic mass is 35.5. The molecule has 0 unspecified atom stereocenters. The van der Waals surface area contributed by atoms with Gasteiger partial charge in [-0.1, -0.05) is 11.6 Å². The van der Waals surface area contributed by atoms with Crippen LogP contribution in [0.3, 0.4) is 0 Å². The quantitative estimate of drug-likeness (QED) is 0.624.